The Kier molecular flexibility index (Phi) is 2.03. The molecule has 2 atom stereocenters. The Morgan fingerprint density at radius 1 is 1.27 bits per heavy atom. The van der Waals surface area contributed by atoms with Gasteiger partial charge in [-0.1, -0.05) is 0 Å². The lowest BCUT2D eigenvalue weighted by Gasteiger charge is -2.33. The van der Waals surface area contributed by atoms with Crippen LogP contribution in [0.2, 0.25) is 0 Å². The zero-order valence-corrected chi connectivity index (χ0v) is 9.51. The van der Waals surface area contributed by atoms with E-state index in [0.717, 1.165) is 4.90 Å². The molecule has 2 rings (SSSR count). The molecule has 2 aliphatic heterocycles. The number of sulfone groups is 1. The summed E-state index contributed by atoms with van der Waals surface area (Å²) in [6.07, 6.45) is 0. The van der Waals surface area contributed by atoms with Crippen molar-refractivity contribution in [1.29, 1.82) is 0 Å². The van der Waals surface area contributed by atoms with Crippen molar-refractivity contribution in [3.63, 3.8) is 0 Å². The van der Waals surface area contributed by atoms with Crippen LogP contribution in [0.25, 0.3) is 0 Å². The summed E-state index contributed by atoms with van der Waals surface area (Å²) >= 11 is 0. The van der Waals surface area contributed by atoms with Gasteiger partial charge in [0.25, 0.3) is 0 Å². The number of rotatable bonds is 0. The summed E-state index contributed by atoms with van der Waals surface area (Å²) in [7, 11) is -5.81. The molecule has 7 nitrogen and oxygen atoms in total. The smallest absolute Gasteiger partial charge is 0.322 e. The summed E-state index contributed by atoms with van der Waals surface area (Å²) in [5.41, 5.74) is 0. The molecule has 2 fully saturated rings. The largest absolute Gasteiger partial charge is 0.331 e. The predicted molar refractivity (Wildman–Crippen MR) is 51.4 cm³/mol. The van der Waals surface area contributed by atoms with Gasteiger partial charge in [-0.05, 0) is 0 Å². The Bertz CT molecular complexity index is 508. The van der Waals surface area contributed by atoms with Gasteiger partial charge in [0.2, 0.25) is 10.0 Å². The van der Waals surface area contributed by atoms with Gasteiger partial charge >= 0.3 is 6.03 Å². The van der Waals surface area contributed by atoms with Crippen LogP contribution in [0, 0.1) is 0 Å². The van der Waals surface area contributed by atoms with Crippen LogP contribution in [0.3, 0.4) is 0 Å². The summed E-state index contributed by atoms with van der Waals surface area (Å²) in [5, 5.41) is -1.04. The molecule has 0 aromatic rings. The highest BCUT2D eigenvalue weighted by atomic mass is 32.2. The minimum absolute atomic E-state index is 0.277. The quantitative estimate of drug-likeness (QED) is 0.546. The summed E-state index contributed by atoms with van der Waals surface area (Å²) in [4.78, 5) is 12.3. The van der Waals surface area contributed by atoms with Crippen molar-refractivity contribution in [2.75, 3.05) is 18.6 Å². The molecule has 9 heteroatoms. The van der Waals surface area contributed by atoms with Crippen LogP contribution >= 0.6 is 0 Å². The number of nitrogens with one attached hydrogen (secondary N) is 1. The van der Waals surface area contributed by atoms with Gasteiger partial charge in [-0.3, -0.25) is 0 Å². The minimum atomic E-state index is -3.83. The van der Waals surface area contributed by atoms with Crippen LogP contribution < -0.4 is 4.72 Å². The Labute approximate surface area is 87.4 Å². The highest BCUT2D eigenvalue weighted by Gasteiger charge is 2.52. The molecular weight excluding hydrogens is 244 g/mol. The molecule has 0 saturated carbocycles. The lowest BCUT2D eigenvalue weighted by atomic mass is 10.2. The second kappa shape index (κ2) is 2.85. The van der Waals surface area contributed by atoms with E-state index >= 15 is 0 Å². The van der Waals surface area contributed by atoms with Crippen molar-refractivity contribution < 1.29 is 21.6 Å². The number of carbonyl (C=O) groups is 1. The number of urea groups is 1. The molecule has 15 heavy (non-hydrogen) atoms. The van der Waals surface area contributed by atoms with Crippen molar-refractivity contribution >= 4 is 25.9 Å². The first-order valence-electron chi connectivity index (χ1n) is 4.22. The van der Waals surface area contributed by atoms with E-state index in [1.54, 1.807) is 0 Å². The maximum Gasteiger partial charge on any atom is 0.331 e. The van der Waals surface area contributed by atoms with E-state index in [4.69, 9.17) is 0 Å². The van der Waals surface area contributed by atoms with Crippen LogP contribution in [0.4, 0.5) is 4.79 Å². The van der Waals surface area contributed by atoms with Crippen molar-refractivity contribution in [3.8, 4) is 0 Å². The average Bonchev–Trinajstić information content (AvgIpc) is 2.38. The number of sulfonamides is 1. The molecule has 0 aromatic heterocycles. The molecule has 0 aromatic carbocycles. The van der Waals surface area contributed by atoms with Gasteiger partial charge in [-0.25, -0.2) is 26.4 Å². The van der Waals surface area contributed by atoms with Gasteiger partial charge in [0.1, 0.15) is 5.25 Å². The highest BCUT2D eigenvalue weighted by Crippen LogP contribution is 2.26. The Morgan fingerprint density at radius 2 is 1.87 bits per heavy atom. The first-order chi connectivity index (χ1) is 6.73. The fourth-order valence-electron chi connectivity index (χ4n) is 1.87. The average molecular weight is 254 g/mol. The van der Waals surface area contributed by atoms with Crippen molar-refractivity contribution in [1.82, 2.24) is 9.62 Å². The molecule has 0 radical (unpaired) electrons. The second-order valence-corrected chi connectivity index (χ2v) is 7.80. The van der Waals surface area contributed by atoms with E-state index < -0.39 is 42.9 Å². The van der Waals surface area contributed by atoms with Gasteiger partial charge < -0.3 is 4.90 Å². The van der Waals surface area contributed by atoms with Crippen LogP contribution in [0.1, 0.15) is 0 Å². The monoisotopic (exact) mass is 254 g/mol. The topological polar surface area (TPSA) is 101 Å². The summed E-state index contributed by atoms with van der Waals surface area (Å²) in [6.45, 7) is 0. The zero-order valence-electron chi connectivity index (χ0n) is 7.87. The van der Waals surface area contributed by atoms with Gasteiger partial charge in [-0.2, -0.15) is 0 Å². The molecule has 2 saturated heterocycles. The third-order valence-electron chi connectivity index (χ3n) is 2.72. The number of hydrogen-bond acceptors (Lipinski definition) is 5. The Hall–Kier alpha value is -0.830. The zero-order chi connectivity index (χ0) is 11.4. The lowest BCUT2D eigenvalue weighted by Crippen LogP contribution is -2.60. The predicted octanol–water partition coefficient (Wildman–Crippen LogP) is -1.86. The molecular formula is C6H10N2O5S2. The van der Waals surface area contributed by atoms with Crippen LogP contribution in [0.15, 0.2) is 0 Å². The van der Waals surface area contributed by atoms with E-state index in [1.165, 1.54) is 7.05 Å². The van der Waals surface area contributed by atoms with E-state index in [-0.39, 0.29) is 5.75 Å². The summed E-state index contributed by atoms with van der Waals surface area (Å²) < 4.78 is 47.4. The molecule has 2 amide bonds. The normalized spacial score (nSPS) is 37.1. The standard InChI is InChI=1S/C6H10N2O5S2/c1-8-4-2-14(10,11)3-5(4)15(12,13)7-6(8)9/h4-5H,2-3H2,1H3,(H,7,9)/t4-,5-/m1/s1. The van der Waals surface area contributed by atoms with Crippen LogP contribution in [0.5, 0.6) is 0 Å². The van der Waals surface area contributed by atoms with E-state index in [1.807, 2.05) is 4.72 Å². The van der Waals surface area contributed by atoms with E-state index in [2.05, 4.69) is 0 Å². The van der Waals surface area contributed by atoms with Crippen molar-refractivity contribution in [2.24, 2.45) is 0 Å². The molecule has 86 valence electrons. The number of nitrogens with zero attached hydrogens (tertiary/aromatic N) is 1. The molecule has 2 aliphatic rings. The van der Waals surface area contributed by atoms with Gasteiger partial charge in [0, 0.05) is 7.05 Å². The molecule has 0 bridgehead atoms. The lowest BCUT2D eigenvalue weighted by molar-refractivity contribution is 0.196. The fourth-order valence-corrected chi connectivity index (χ4v) is 6.40. The van der Waals surface area contributed by atoms with Gasteiger partial charge in [-0.15, -0.1) is 0 Å². The fraction of sp³-hybridized carbons (Fsp3) is 0.833. The number of hydrogen-bond donors (Lipinski definition) is 1. The van der Waals surface area contributed by atoms with E-state index in [0.29, 0.717) is 0 Å². The minimum Gasteiger partial charge on any atom is -0.322 e. The first-order valence-corrected chi connectivity index (χ1v) is 7.58. The molecule has 0 spiro atoms. The SMILES string of the molecule is CN1C(=O)NS(=O)(=O)[C@@H]2CS(=O)(=O)C[C@H]21. The second-order valence-electron chi connectivity index (χ2n) is 3.75. The maximum absolute atomic E-state index is 11.5. The number of carbonyl (C=O) groups excluding carboxylic acids is 1. The number of amides is 2. The third-order valence-corrected chi connectivity index (χ3v) is 6.38. The van der Waals surface area contributed by atoms with Crippen LogP contribution in [-0.4, -0.2) is 57.6 Å². The summed E-state index contributed by atoms with van der Waals surface area (Å²) in [5.74, 6) is -0.689. The maximum atomic E-state index is 11.5. The molecule has 0 aliphatic carbocycles. The summed E-state index contributed by atoms with van der Waals surface area (Å²) in [6, 6.07) is -1.53. The first kappa shape index (κ1) is 10.7. The molecule has 2 heterocycles. The Balaban J connectivity index is 2.48. The number of fused-ring (bicyclic) bond motifs is 1. The third kappa shape index (κ3) is 1.59. The molecule has 0 unspecified atom stereocenters. The Morgan fingerprint density at radius 3 is 2.47 bits per heavy atom. The van der Waals surface area contributed by atoms with Crippen molar-refractivity contribution in [3.05, 3.63) is 0 Å². The van der Waals surface area contributed by atoms with Crippen LogP contribution in [-0.2, 0) is 19.9 Å². The van der Waals surface area contributed by atoms with Gasteiger partial charge in [0.05, 0.1) is 17.5 Å². The highest BCUT2D eigenvalue weighted by molar-refractivity contribution is 7.95. The molecule has 1 N–H and O–H groups in total. The van der Waals surface area contributed by atoms with E-state index in [9.17, 15) is 21.6 Å². The van der Waals surface area contributed by atoms with Crippen molar-refractivity contribution in [2.45, 2.75) is 11.3 Å². The van der Waals surface area contributed by atoms with Gasteiger partial charge in [0.15, 0.2) is 9.84 Å².